The lowest BCUT2D eigenvalue weighted by molar-refractivity contribution is 0.0401. The molecule has 0 bridgehead atoms. The first kappa shape index (κ1) is 9.92. The fourth-order valence-corrected chi connectivity index (χ4v) is 1.52. The Balaban J connectivity index is 2.14. The van der Waals surface area contributed by atoms with Crippen molar-refractivity contribution in [3.63, 3.8) is 0 Å². The molecule has 0 aliphatic carbocycles. The van der Waals surface area contributed by atoms with Crippen molar-refractivity contribution in [1.29, 1.82) is 0 Å². The summed E-state index contributed by atoms with van der Waals surface area (Å²) in [5, 5.41) is 18.5. The average Bonchev–Trinajstić information content (AvgIpc) is 2.36. The van der Waals surface area contributed by atoms with E-state index in [9.17, 15) is 10.2 Å². The Kier molecular flexibility index (Phi) is 3.94. The molecule has 2 atom stereocenters. The number of hydrogen-bond acceptors (Lipinski definition) is 4. The summed E-state index contributed by atoms with van der Waals surface area (Å²) in [6, 6.07) is 0. The van der Waals surface area contributed by atoms with E-state index in [2.05, 4.69) is 0 Å². The predicted molar refractivity (Wildman–Crippen MR) is 44.9 cm³/mol. The number of aliphatic hydroxyl groups excluding tert-OH is 2. The number of rotatable bonds is 4. The minimum Gasteiger partial charge on any atom is -0.392 e. The fraction of sp³-hybridized carbons (Fsp3) is 1.00. The zero-order valence-corrected chi connectivity index (χ0v) is 7.44. The van der Waals surface area contributed by atoms with Crippen LogP contribution in [0, 0.1) is 0 Å². The third kappa shape index (κ3) is 3.06. The summed E-state index contributed by atoms with van der Waals surface area (Å²) >= 11 is 0. The van der Waals surface area contributed by atoms with Gasteiger partial charge in [-0.25, -0.2) is 0 Å². The summed E-state index contributed by atoms with van der Waals surface area (Å²) in [6.07, 6.45) is 0.180. The van der Waals surface area contributed by atoms with Crippen molar-refractivity contribution in [2.45, 2.75) is 18.6 Å². The summed E-state index contributed by atoms with van der Waals surface area (Å²) < 4.78 is 4.80. The normalized spacial score (nSPS) is 27.8. The second kappa shape index (κ2) is 4.77. The van der Waals surface area contributed by atoms with E-state index < -0.39 is 6.10 Å². The van der Waals surface area contributed by atoms with E-state index in [0.29, 0.717) is 19.7 Å². The van der Waals surface area contributed by atoms with Crippen LogP contribution in [0.1, 0.15) is 6.42 Å². The third-order valence-electron chi connectivity index (χ3n) is 2.08. The molecule has 0 spiro atoms. The maximum absolute atomic E-state index is 9.35. The van der Waals surface area contributed by atoms with Gasteiger partial charge in [-0.2, -0.15) is 0 Å². The van der Waals surface area contributed by atoms with Crippen LogP contribution >= 0.6 is 0 Å². The van der Waals surface area contributed by atoms with Crippen LogP contribution in [0.4, 0.5) is 0 Å². The van der Waals surface area contributed by atoms with Crippen LogP contribution in [0.2, 0.25) is 0 Å². The minimum absolute atomic E-state index is 0.209. The number of likely N-dealkylation sites (tertiary alicyclic amines) is 1. The molecule has 0 aromatic heterocycles. The van der Waals surface area contributed by atoms with Crippen molar-refractivity contribution < 1.29 is 14.9 Å². The molecular weight excluding hydrogens is 158 g/mol. The number of nitrogens with zero attached hydrogens (tertiary/aromatic N) is 1. The molecule has 12 heavy (non-hydrogen) atoms. The van der Waals surface area contributed by atoms with Crippen LogP contribution in [-0.2, 0) is 4.74 Å². The van der Waals surface area contributed by atoms with E-state index in [1.165, 1.54) is 0 Å². The standard InChI is InChI=1S/C8H17NO3/c1-12-6-8(11)5-9-3-2-7(10)4-9/h7-8,10-11H,2-6H2,1H3/t7-,8?/m1/s1. The molecule has 4 heteroatoms. The molecule has 1 heterocycles. The van der Waals surface area contributed by atoms with Crippen molar-refractivity contribution in [3.05, 3.63) is 0 Å². The van der Waals surface area contributed by atoms with Gasteiger partial charge in [-0.05, 0) is 6.42 Å². The first-order chi connectivity index (χ1) is 5.72. The molecule has 2 N–H and O–H groups in total. The molecule has 0 aromatic rings. The van der Waals surface area contributed by atoms with Gasteiger partial charge in [-0.15, -0.1) is 0 Å². The molecule has 0 saturated carbocycles. The Bertz CT molecular complexity index is 131. The average molecular weight is 175 g/mol. The molecule has 4 nitrogen and oxygen atoms in total. The van der Waals surface area contributed by atoms with Gasteiger partial charge in [0.15, 0.2) is 0 Å². The number of ether oxygens (including phenoxy) is 1. The number of β-amino-alcohol motifs (C(OH)–C–C–N with tert-alkyl or cyclic N) is 2. The van der Waals surface area contributed by atoms with Crippen LogP contribution in [0.25, 0.3) is 0 Å². The smallest absolute Gasteiger partial charge is 0.0900 e. The van der Waals surface area contributed by atoms with Crippen molar-refractivity contribution in [2.75, 3.05) is 33.4 Å². The van der Waals surface area contributed by atoms with Crippen LogP contribution < -0.4 is 0 Å². The van der Waals surface area contributed by atoms with Gasteiger partial charge in [0.05, 0.1) is 18.8 Å². The first-order valence-corrected chi connectivity index (χ1v) is 4.29. The molecule has 1 rings (SSSR count). The monoisotopic (exact) mass is 175 g/mol. The lowest BCUT2D eigenvalue weighted by Gasteiger charge is -2.18. The predicted octanol–water partition coefficient (Wildman–Crippen LogP) is -0.940. The van der Waals surface area contributed by atoms with Gasteiger partial charge in [-0.1, -0.05) is 0 Å². The Morgan fingerprint density at radius 1 is 1.67 bits per heavy atom. The lowest BCUT2D eigenvalue weighted by atomic mass is 10.3. The zero-order chi connectivity index (χ0) is 8.97. The van der Waals surface area contributed by atoms with Crippen molar-refractivity contribution in [2.24, 2.45) is 0 Å². The molecule has 1 saturated heterocycles. The van der Waals surface area contributed by atoms with E-state index >= 15 is 0 Å². The molecule has 72 valence electrons. The van der Waals surface area contributed by atoms with Crippen LogP contribution in [-0.4, -0.2) is 60.7 Å². The number of aliphatic hydroxyl groups is 2. The van der Waals surface area contributed by atoms with Crippen LogP contribution in [0.3, 0.4) is 0 Å². The zero-order valence-electron chi connectivity index (χ0n) is 7.44. The Labute approximate surface area is 72.7 Å². The molecule has 0 radical (unpaired) electrons. The second-order valence-corrected chi connectivity index (χ2v) is 3.31. The van der Waals surface area contributed by atoms with E-state index in [1.807, 2.05) is 4.90 Å². The first-order valence-electron chi connectivity index (χ1n) is 4.29. The van der Waals surface area contributed by atoms with E-state index in [0.717, 1.165) is 13.0 Å². The van der Waals surface area contributed by atoms with E-state index in [4.69, 9.17) is 4.74 Å². The highest BCUT2D eigenvalue weighted by molar-refractivity contribution is 4.76. The van der Waals surface area contributed by atoms with Gasteiger partial charge in [0.25, 0.3) is 0 Å². The summed E-state index contributed by atoms with van der Waals surface area (Å²) in [6.45, 7) is 2.53. The fourth-order valence-electron chi connectivity index (χ4n) is 1.52. The second-order valence-electron chi connectivity index (χ2n) is 3.31. The molecule has 1 fully saturated rings. The summed E-state index contributed by atoms with van der Waals surface area (Å²) in [4.78, 5) is 2.05. The Morgan fingerprint density at radius 2 is 2.42 bits per heavy atom. The van der Waals surface area contributed by atoms with Crippen molar-refractivity contribution in [1.82, 2.24) is 4.90 Å². The number of methoxy groups -OCH3 is 1. The maximum Gasteiger partial charge on any atom is 0.0900 e. The molecule has 1 aliphatic heterocycles. The molecule has 0 aromatic carbocycles. The van der Waals surface area contributed by atoms with Gasteiger partial charge in [0.2, 0.25) is 0 Å². The minimum atomic E-state index is -0.430. The van der Waals surface area contributed by atoms with Gasteiger partial charge in [0, 0.05) is 26.7 Å². The molecule has 1 aliphatic rings. The summed E-state index contributed by atoms with van der Waals surface area (Å²) in [5.41, 5.74) is 0. The summed E-state index contributed by atoms with van der Waals surface area (Å²) in [7, 11) is 1.57. The number of hydrogen-bond donors (Lipinski definition) is 2. The van der Waals surface area contributed by atoms with E-state index in [-0.39, 0.29) is 6.10 Å². The van der Waals surface area contributed by atoms with Crippen molar-refractivity contribution >= 4 is 0 Å². The van der Waals surface area contributed by atoms with Gasteiger partial charge < -0.3 is 14.9 Å². The van der Waals surface area contributed by atoms with Crippen molar-refractivity contribution in [3.8, 4) is 0 Å². The van der Waals surface area contributed by atoms with Gasteiger partial charge in [0.1, 0.15) is 0 Å². The largest absolute Gasteiger partial charge is 0.392 e. The summed E-state index contributed by atoms with van der Waals surface area (Å²) in [5.74, 6) is 0. The highest BCUT2D eigenvalue weighted by Crippen LogP contribution is 2.08. The Hall–Kier alpha value is -0.160. The maximum atomic E-state index is 9.35. The lowest BCUT2D eigenvalue weighted by Crippen LogP contribution is -2.33. The van der Waals surface area contributed by atoms with Gasteiger partial charge in [-0.3, -0.25) is 4.90 Å². The van der Waals surface area contributed by atoms with Gasteiger partial charge >= 0.3 is 0 Å². The highest BCUT2D eigenvalue weighted by Gasteiger charge is 2.21. The molecule has 0 amide bonds. The Morgan fingerprint density at radius 3 is 2.92 bits per heavy atom. The van der Waals surface area contributed by atoms with E-state index in [1.54, 1.807) is 7.11 Å². The molecule has 1 unspecified atom stereocenters. The topological polar surface area (TPSA) is 52.9 Å². The highest BCUT2D eigenvalue weighted by atomic mass is 16.5. The van der Waals surface area contributed by atoms with Crippen LogP contribution in [0.15, 0.2) is 0 Å². The third-order valence-corrected chi connectivity index (χ3v) is 2.08. The van der Waals surface area contributed by atoms with Crippen LogP contribution in [0.5, 0.6) is 0 Å². The molecular formula is C8H17NO3. The quantitative estimate of drug-likeness (QED) is 0.579. The SMILES string of the molecule is COCC(O)CN1CC[C@@H](O)C1.